The fourth-order valence-electron chi connectivity index (χ4n) is 3.18. The third-order valence-corrected chi connectivity index (χ3v) is 4.49. The van der Waals surface area contributed by atoms with E-state index in [9.17, 15) is 0 Å². The molecule has 6 nitrogen and oxygen atoms in total. The number of aliphatic imine (C=N–C) groups is 1. The molecular weight excluding hydrogens is 441 g/mol. The van der Waals surface area contributed by atoms with Crippen molar-refractivity contribution in [3.05, 3.63) is 36.0 Å². The number of anilines is 1. The summed E-state index contributed by atoms with van der Waals surface area (Å²) in [5, 5.41) is 6.84. The summed E-state index contributed by atoms with van der Waals surface area (Å²) in [4.78, 5) is 11.6. The van der Waals surface area contributed by atoms with Crippen LogP contribution in [0.15, 0.2) is 35.5 Å². The smallest absolute Gasteiger partial charge is 0.191 e. The lowest BCUT2D eigenvalue weighted by molar-refractivity contribution is 0.0529. The second kappa shape index (κ2) is 10.7. The number of hydrogen-bond donors (Lipinski definition) is 2. The van der Waals surface area contributed by atoms with Crippen molar-refractivity contribution in [2.24, 2.45) is 4.99 Å². The van der Waals surface area contributed by atoms with Gasteiger partial charge in [0.05, 0.1) is 19.3 Å². The molecule has 0 amide bonds. The summed E-state index contributed by atoms with van der Waals surface area (Å²) >= 11 is 0. The molecule has 1 atom stereocenters. The zero-order valence-electron chi connectivity index (χ0n) is 15.6. The lowest BCUT2D eigenvalue weighted by atomic mass is 10.2. The predicted octanol–water partition coefficient (Wildman–Crippen LogP) is 2.70. The van der Waals surface area contributed by atoms with Gasteiger partial charge in [-0.15, -0.1) is 24.0 Å². The van der Waals surface area contributed by atoms with Crippen molar-refractivity contribution in [3.8, 4) is 0 Å². The maximum absolute atomic E-state index is 5.62. The number of rotatable bonds is 5. The van der Waals surface area contributed by atoms with Crippen LogP contribution in [0.5, 0.6) is 0 Å². The van der Waals surface area contributed by atoms with Gasteiger partial charge in [-0.05, 0) is 44.4 Å². The molecule has 1 aromatic heterocycles. The van der Waals surface area contributed by atoms with Crippen LogP contribution in [0.1, 0.15) is 32.3 Å². The van der Waals surface area contributed by atoms with E-state index in [1.165, 1.54) is 5.56 Å². The number of pyridine rings is 1. The van der Waals surface area contributed by atoms with Gasteiger partial charge < -0.3 is 20.3 Å². The highest BCUT2D eigenvalue weighted by Gasteiger charge is 2.18. The van der Waals surface area contributed by atoms with E-state index in [0.29, 0.717) is 12.6 Å². The highest BCUT2D eigenvalue weighted by atomic mass is 127. The van der Waals surface area contributed by atoms with Crippen molar-refractivity contribution < 1.29 is 4.74 Å². The van der Waals surface area contributed by atoms with Crippen molar-refractivity contribution in [3.63, 3.8) is 0 Å². The van der Waals surface area contributed by atoms with Crippen molar-refractivity contribution in [2.75, 3.05) is 31.1 Å². The van der Waals surface area contributed by atoms with Crippen molar-refractivity contribution in [1.29, 1.82) is 0 Å². The van der Waals surface area contributed by atoms with E-state index in [4.69, 9.17) is 9.73 Å². The standard InChI is InChI=1S/C19H29N5O.HI/c1-3-20-19(23-17-6-4-5-7-17)22-13-16-8-9-21-18(12-16)24-10-11-25-15(2)14-24;/h4-5,8-9,12,15,17H,3,6-7,10-11,13-14H2,1-2H3,(H2,20,22,23);1H. The molecule has 1 aromatic rings. The van der Waals surface area contributed by atoms with Gasteiger partial charge >= 0.3 is 0 Å². The highest BCUT2D eigenvalue weighted by Crippen LogP contribution is 2.17. The van der Waals surface area contributed by atoms with Crippen LogP contribution in [-0.4, -0.2) is 49.3 Å². The molecule has 1 aliphatic carbocycles. The summed E-state index contributed by atoms with van der Waals surface area (Å²) in [6.07, 6.45) is 8.71. The van der Waals surface area contributed by atoms with E-state index in [2.05, 4.69) is 52.6 Å². The average Bonchev–Trinajstić information content (AvgIpc) is 3.13. The first-order valence-corrected chi connectivity index (χ1v) is 9.26. The summed E-state index contributed by atoms with van der Waals surface area (Å²) in [7, 11) is 0. The quantitative estimate of drug-likeness (QED) is 0.299. The third kappa shape index (κ3) is 6.12. The van der Waals surface area contributed by atoms with E-state index in [-0.39, 0.29) is 30.1 Å². The maximum atomic E-state index is 5.62. The Balaban J connectivity index is 0.00000243. The molecule has 2 heterocycles. The van der Waals surface area contributed by atoms with Crippen molar-refractivity contribution >= 4 is 35.8 Å². The first-order valence-electron chi connectivity index (χ1n) is 9.26. The number of hydrogen-bond acceptors (Lipinski definition) is 4. The minimum absolute atomic E-state index is 0. The molecule has 0 saturated carbocycles. The van der Waals surface area contributed by atoms with E-state index in [1.807, 2.05) is 12.3 Å². The number of guanidine groups is 1. The van der Waals surface area contributed by atoms with E-state index < -0.39 is 0 Å². The summed E-state index contributed by atoms with van der Waals surface area (Å²) in [5.41, 5.74) is 1.17. The molecule has 1 aliphatic heterocycles. The largest absolute Gasteiger partial charge is 0.375 e. The van der Waals surface area contributed by atoms with E-state index in [0.717, 1.165) is 50.9 Å². The Bertz CT molecular complexity index is 614. The summed E-state index contributed by atoms with van der Waals surface area (Å²) in [6.45, 7) is 8.24. The Morgan fingerprint density at radius 2 is 2.19 bits per heavy atom. The number of halogens is 1. The number of morpholine rings is 1. The Kier molecular flexibility index (Phi) is 8.64. The number of nitrogens with one attached hydrogen (secondary N) is 2. The molecule has 7 heteroatoms. The van der Waals surface area contributed by atoms with Gasteiger partial charge in [-0.3, -0.25) is 0 Å². The summed E-state index contributed by atoms with van der Waals surface area (Å²) < 4.78 is 5.62. The first kappa shape index (κ1) is 21.0. The lowest BCUT2D eigenvalue weighted by Crippen LogP contribution is -2.42. The van der Waals surface area contributed by atoms with Gasteiger partial charge in [-0.25, -0.2) is 9.98 Å². The average molecular weight is 471 g/mol. The molecule has 0 spiro atoms. The number of nitrogens with zero attached hydrogens (tertiary/aromatic N) is 3. The van der Waals surface area contributed by atoms with E-state index in [1.54, 1.807) is 0 Å². The fourth-order valence-corrected chi connectivity index (χ4v) is 3.18. The van der Waals surface area contributed by atoms with Gasteiger partial charge in [-0.2, -0.15) is 0 Å². The maximum Gasteiger partial charge on any atom is 0.191 e. The summed E-state index contributed by atoms with van der Waals surface area (Å²) in [6, 6.07) is 4.64. The zero-order chi connectivity index (χ0) is 17.5. The van der Waals surface area contributed by atoms with Crippen LogP contribution >= 0.6 is 24.0 Å². The summed E-state index contributed by atoms with van der Waals surface area (Å²) in [5.74, 6) is 1.90. The van der Waals surface area contributed by atoms with Crippen LogP contribution < -0.4 is 15.5 Å². The third-order valence-electron chi connectivity index (χ3n) is 4.49. The lowest BCUT2D eigenvalue weighted by Gasteiger charge is -2.32. The molecule has 144 valence electrons. The number of ether oxygens (including phenoxy) is 1. The van der Waals surface area contributed by atoms with Gasteiger partial charge in [0.2, 0.25) is 0 Å². The molecule has 1 fully saturated rings. The first-order chi connectivity index (χ1) is 12.2. The Morgan fingerprint density at radius 1 is 1.38 bits per heavy atom. The van der Waals surface area contributed by atoms with E-state index >= 15 is 0 Å². The van der Waals surface area contributed by atoms with Gasteiger partial charge in [0.15, 0.2) is 5.96 Å². The van der Waals surface area contributed by atoms with Crippen LogP contribution in [0.4, 0.5) is 5.82 Å². The molecule has 0 bridgehead atoms. The minimum Gasteiger partial charge on any atom is -0.375 e. The SMILES string of the molecule is CCNC(=NCc1ccnc(N2CCOC(C)C2)c1)NC1CC=CC1.I. The Morgan fingerprint density at radius 3 is 2.92 bits per heavy atom. The van der Waals surface area contributed by atoms with Crippen LogP contribution in [0.2, 0.25) is 0 Å². The normalized spacial score (nSPS) is 20.8. The molecule has 1 saturated heterocycles. The van der Waals surface area contributed by atoms with Gasteiger partial charge in [0.25, 0.3) is 0 Å². The van der Waals surface area contributed by atoms with Crippen LogP contribution in [0.25, 0.3) is 0 Å². The second-order valence-electron chi connectivity index (χ2n) is 6.63. The minimum atomic E-state index is 0. The molecule has 2 N–H and O–H groups in total. The molecule has 1 unspecified atom stereocenters. The molecule has 2 aliphatic rings. The topological polar surface area (TPSA) is 61.8 Å². The van der Waals surface area contributed by atoms with Crippen LogP contribution in [0, 0.1) is 0 Å². The van der Waals surface area contributed by atoms with Gasteiger partial charge in [-0.1, -0.05) is 12.2 Å². The second-order valence-corrected chi connectivity index (χ2v) is 6.63. The highest BCUT2D eigenvalue weighted by molar-refractivity contribution is 14.0. The molecule has 3 rings (SSSR count). The van der Waals surface area contributed by atoms with Crippen LogP contribution in [-0.2, 0) is 11.3 Å². The molecule has 0 radical (unpaired) electrons. The number of aromatic nitrogens is 1. The van der Waals surface area contributed by atoms with Crippen LogP contribution in [0.3, 0.4) is 0 Å². The molecule has 0 aromatic carbocycles. The zero-order valence-corrected chi connectivity index (χ0v) is 18.0. The van der Waals surface area contributed by atoms with Crippen molar-refractivity contribution in [1.82, 2.24) is 15.6 Å². The van der Waals surface area contributed by atoms with Crippen molar-refractivity contribution in [2.45, 2.75) is 45.4 Å². The Labute approximate surface area is 173 Å². The fraction of sp³-hybridized carbons (Fsp3) is 0.579. The monoisotopic (exact) mass is 471 g/mol. The predicted molar refractivity (Wildman–Crippen MR) is 117 cm³/mol. The Hall–Kier alpha value is -1.35. The molecule has 26 heavy (non-hydrogen) atoms. The molecular formula is C19H30IN5O. The van der Waals surface area contributed by atoms with Gasteiger partial charge in [0, 0.05) is 31.9 Å². The van der Waals surface area contributed by atoms with Gasteiger partial charge in [0.1, 0.15) is 5.82 Å².